The van der Waals surface area contributed by atoms with Crippen LogP contribution in [0.5, 0.6) is 5.75 Å². The zero-order valence-corrected chi connectivity index (χ0v) is 9.31. The standard InChI is InChI=1S/C13H14N2O/c1-16-11-4-5-12-9(7-14)8-15(10-2-3-10)13(12)6-11/h4-6,9-10H,2-3,8H2,1H3. The van der Waals surface area contributed by atoms with Gasteiger partial charge in [-0.1, -0.05) is 6.07 Å². The lowest BCUT2D eigenvalue weighted by Crippen LogP contribution is -2.23. The van der Waals surface area contributed by atoms with Crippen molar-refractivity contribution in [3.8, 4) is 11.8 Å². The molecular formula is C13H14N2O. The topological polar surface area (TPSA) is 36.3 Å². The average molecular weight is 214 g/mol. The number of ether oxygens (including phenoxy) is 1. The highest BCUT2D eigenvalue weighted by atomic mass is 16.5. The highest BCUT2D eigenvalue weighted by Gasteiger charge is 2.37. The summed E-state index contributed by atoms with van der Waals surface area (Å²) < 4.78 is 5.25. The normalized spacial score (nSPS) is 22.8. The quantitative estimate of drug-likeness (QED) is 0.757. The Bertz CT molecular complexity index is 459. The molecule has 1 atom stereocenters. The summed E-state index contributed by atoms with van der Waals surface area (Å²) in [7, 11) is 1.68. The second-order valence-electron chi connectivity index (χ2n) is 4.49. The lowest BCUT2D eigenvalue weighted by Gasteiger charge is -2.18. The van der Waals surface area contributed by atoms with Crippen LogP contribution in [0, 0.1) is 11.3 Å². The van der Waals surface area contributed by atoms with Crippen LogP contribution >= 0.6 is 0 Å². The highest BCUT2D eigenvalue weighted by molar-refractivity contribution is 5.65. The minimum atomic E-state index is 0.0292. The van der Waals surface area contributed by atoms with Gasteiger partial charge < -0.3 is 9.64 Å². The van der Waals surface area contributed by atoms with Gasteiger partial charge in [-0.05, 0) is 24.5 Å². The van der Waals surface area contributed by atoms with Gasteiger partial charge in [-0.2, -0.15) is 5.26 Å². The molecule has 3 nitrogen and oxygen atoms in total. The number of hydrogen-bond donors (Lipinski definition) is 0. The minimum absolute atomic E-state index is 0.0292. The van der Waals surface area contributed by atoms with Crippen molar-refractivity contribution < 1.29 is 4.74 Å². The van der Waals surface area contributed by atoms with Gasteiger partial charge >= 0.3 is 0 Å². The number of anilines is 1. The third-order valence-electron chi connectivity index (χ3n) is 3.45. The number of nitriles is 1. The molecule has 1 fully saturated rings. The maximum atomic E-state index is 9.15. The zero-order chi connectivity index (χ0) is 11.1. The molecular weight excluding hydrogens is 200 g/mol. The van der Waals surface area contributed by atoms with Gasteiger partial charge in [0.25, 0.3) is 0 Å². The second-order valence-corrected chi connectivity index (χ2v) is 4.49. The molecule has 0 spiro atoms. The molecule has 3 heteroatoms. The summed E-state index contributed by atoms with van der Waals surface area (Å²) in [6.45, 7) is 0.851. The molecule has 1 aliphatic heterocycles. The Labute approximate surface area is 95.2 Å². The van der Waals surface area contributed by atoms with E-state index in [0.29, 0.717) is 6.04 Å². The maximum Gasteiger partial charge on any atom is 0.120 e. The van der Waals surface area contributed by atoms with Crippen LogP contribution in [0.4, 0.5) is 5.69 Å². The Kier molecular flexibility index (Phi) is 2.03. The van der Waals surface area contributed by atoms with Crippen LogP contribution in [0.15, 0.2) is 18.2 Å². The van der Waals surface area contributed by atoms with E-state index in [1.165, 1.54) is 18.5 Å². The Morgan fingerprint density at radius 2 is 2.25 bits per heavy atom. The van der Waals surface area contributed by atoms with Gasteiger partial charge in [0, 0.05) is 24.3 Å². The summed E-state index contributed by atoms with van der Waals surface area (Å²) in [5.74, 6) is 0.907. The molecule has 3 rings (SSSR count). The summed E-state index contributed by atoms with van der Waals surface area (Å²) in [6.07, 6.45) is 2.52. The summed E-state index contributed by atoms with van der Waals surface area (Å²) in [5, 5.41) is 9.15. The number of fused-ring (bicyclic) bond motifs is 1. The van der Waals surface area contributed by atoms with Crippen molar-refractivity contribution in [3.05, 3.63) is 23.8 Å². The molecule has 1 unspecified atom stereocenters. The SMILES string of the molecule is COc1ccc2c(c1)N(C1CC1)CC2C#N. The number of methoxy groups -OCH3 is 1. The Morgan fingerprint density at radius 3 is 2.88 bits per heavy atom. The Hall–Kier alpha value is -1.69. The van der Waals surface area contributed by atoms with E-state index in [1.807, 2.05) is 12.1 Å². The van der Waals surface area contributed by atoms with Crippen molar-refractivity contribution in [2.75, 3.05) is 18.6 Å². The van der Waals surface area contributed by atoms with Crippen LogP contribution in [-0.4, -0.2) is 19.7 Å². The van der Waals surface area contributed by atoms with Gasteiger partial charge in [-0.3, -0.25) is 0 Å². The molecule has 1 saturated carbocycles. The van der Waals surface area contributed by atoms with Gasteiger partial charge in [0.05, 0.1) is 19.1 Å². The summed E-state index contributed by atoms with van der Waals surface area (Å²) >= 11 is 0. The van der Waals surface area contributed by atoms with E-state index in [2.05, 4.69) is 17.0 Å². The second kappa shape index (κ2) is 3.41. The Balaban J connectivity index is 2.04. The first-order chi connectivity index (χ1) is 7.83. The number of rotatable bonds is 2. The molecule has 0 bridgehead atoms. The van der Waals surface area contributed by atoms with Crippen LogP contribution in [0.1, 0.15) is 24.3 Å². The van der Waals surface area contributed by atoms with Crippen molar-refractivity contribution in [2.45, 2.75) is 24.8 Å². The average Bonchev–Trinajstić information content (AvgIpc) is 3.10. The molecule has 1 heterocycles. The van der Waals surface area contributed by atoms with Crippen molar-refractivity contribution >= 4 is 5.69 Å². The maximum absolute atomic E-state index is 9.15. The zero-order valence-electron chi connectivity index (χ0n) is 9.31. The summed E-state index contributed by atoms with van der Waals surface area (Å²) in [5.41, 5.74) is 2.36. The van der Waals surface area contributed by atoms with Crippen molar-refractivity contribution in [1.82, 2.24) is 0 Å². The van der Waals surface area contributed by atoms with Gasteiger partial charge in [0.15, 0.2) is 0 Å². The Morgan fingerprint density at radius 1 is 1.44 bits per heavy atom. The first-order valence-electron chi connectivity index (χ1n) is 5.67. The van der Waals surface area contributed by atoms with Gasteiger partial charge in [0.1, 0.15) is 5.75 Å². The van der Waals surface area contributed by atoms with E-state index in [1.54, 1.807) is 7.11 Å². The molecule has 0 aromatic heterocycles. The molecule has 0 amide bonds. The van der Waals surface area contributed by atoms with Crippen LogP contribution < -0.4 is 9.64 Å². The van der Waals surface area contributed by atoms with Crippen LogP contribution in [-0.2, 0) is 0 Å². The third-order valence-corrected chi connectivity index (χ3v) is 3.45. The summed E-state index contributed by atoms with van der Waals surface area (Å²) in [6, 6.07) is 9.08. The van der Waals surface area contributed by atoms with E-state index in [-0.39, 0.29) is 5.92 Å². The molecule has 1 aromatic carbocycles. The molecule has 82 valence electrons. The smallest absolute Gasteiger partial charge is 0.120 e. The number of hydrogen-bond acceptors (Lipinski definition) is 3. The fourth-order valence-electron chi connectivity index (χ4n) is 2.43. The van der Waals surface area contributed by atoms with Crippen molar-refractivity contribution in [2.24, 2.45) is 0 Å². The largest absolute Gasteiger partial charge is 0.497 e. The van der Waals surface area contributed by atoms with Crippen LogP contribution in [0.25, 0.3) is 0 Å². The lowest BCUT2D eigenvalue weighted by molar-refractivity contribution is 0.415. The molecule has 1 aliphatic carbocycles. The van der Waals surface area contributed by atoms with Gasteiger partial charge in [-0.15, -0.1) is 0 Å². The van der Waals surface area contributed by atoms with Crippen molar-refractivity contribution in [1.29, 1.82) is 5.26 Å². The fraction of sp³-hybridized carbons (Fsp3) is 0.462. The fourth-order valence-corrected chi connectivity index (χ4v) is 2.43. The first-order valence-corrected chi connectivity index (χ1v) is 5.67. The van der Waals surface area contributed by atoms with Gasteiger partial charge in [0.2, 0.25) is 0 Å². The molecule has 0 saturated heterocycles. The predicted octanol–water partition coefficient (Wildman–Crippen LogP) is 2.28. The first kappa shape index (κ1) is 9.53. The van der Waals surface area contributed by atoms with E-state index < -0.39 is 0 Å². The monoisotopic (exact) mass is 214 g/mol. The number of nitrogens with zero attached hydrogens (tertiary/aromatic N) is 2. The molecule has 16 heavy (non-hydrogen) atoms. The lowest BCUT2D eigenvalue weighted by atomic mass is 10.0. The van der Waals surface area contributed by atoms with Gasteiger partial charge in [-0.25, -0.2) is 0 Å². The van der Waals surface area contributed by atoms with E-state index in [4.69, 9.17) is 10.00 Å². The predicted molar refractivity (Wildman–Crippen MR) is 61.7 cm³/mol. The highest BCUT2D eigenvalue weighted by Crippen LogP contribution is 2.43. The molecule has 0 radical (unpaired) electrons. The van der Waals surface area contributed by atoms with E-state index in [9.17, 15) is 0 Å². The van der Waals surface area contributed by atoms with Crippen LogP contribution in [0.2, 0.25) is 0 Å². The minimum Gasteiger partial charge on any atom is -0.497 e. The van der Waals surface area contributed by atoms with Crippen LogP contribution in [0.3, 0.4) is 0 Å². The number of benzene rings is 1. The van der Waals surface area contributed by atoms with Crippen molar-refractivity contribution in [3.63, 3.8) is 0 Å². The van der Waals surface area contributed by atoms with E-state index >= 15 is 0 Å². The van der Waals surface area contributed by atoms with E-state index in [0.717, 1.165) is 17.9 Å². The molecule has 1 aromatic rings. The molecule has 0 N–H and O–H groups in total. The summed E-state index contributed by atoms with van der Waals surface area (Å²) in [4.78, 5) is 2.37. The third kappa shape index (κ3) is 1.34. The molecule has 2 aliphatic rings.